The molecule has 1 aliphatic rings. The van der Waals surface area contributed by atoms with Crippen molar-refractivity contribution < 1.29 is 14.3 Å². The number of rotatable bonds is 6. The van der Waals surface area contributed by atoms with E-state index in [2.05, 4.69) is 16.0 Å². The average Bonchev–Trinajstić information content (AvgIpc) is 2.13. The van der Waals surface area contributed by atoms with Crippen LogP contribution in [0, 0.1) is 0 Å². The number of nitrogens with one attached hydrogen (secondary N) is 3. The Morgan fingerprint density at radius 3 is 2.60 bits per heavy atom. The average molecular weight is 215 g/mol. The maximum atomic E-state index is 11.2. The van der Waals surface area contributed by atoms with E-state index >= 15 is 0 Å². The third-order valence-electron chi connectivity index (χ3n) is 2.01. The van der Waals surface area contributed by atoms with Gasteiger partial charge in [0, 0.05) is 19.6 Å². The van der Waals surface area contributed by atoms with Gasteiger partial charge in [-0.05, 0) is 6.92 Å². The van der Waals surface area contributed by atoms with Gasteiger partial charge in [-0.25, -0.2) is 0 Å². The fourth-order valence-corrected chi connectivity index (χ4v) is 1.06. The molecule has 1 saturated heterocycles. The van der Waals surface area contributed by atoms with Crippen LogP contribution in [0.3, 0.4) is 0 Å². The van der Waals surface area contributed by atoms with Crippen LogP contribution in [0.4, 0.5) is 0 Å². The Bertz CT molecular complexity index is 229. The van der Waals surface area contributed by atoms with Gasteiger partial charge in [0.1, 0.15) is 6.61 Å². The molecular weight excluding hydrogens is 198 g/mol. The summed E-state index contributed by atoms with van der Waals surface area (Å²) in [6.07, 6.45) is 0.139. The predicted molar refractivity (Wildman–Crippen MR) is 54.3 cm³/mol. The summed E-state index contributed by atoms with van der Waals surface area (Å²) in [7, 11) is 0. The van der Waals surface area contributed by atoms with E-state index in [4.69, 9.17) is 4.74 Å². The Hall–Kier alpha value is -1.14. The van der Waals surface area contributed by atoms with Gasteiger partial charge in [-0.15, -0.1) is 0 Å². The summed E-state index contributed by atoms with van der Waals surface area (Å²) in [5, 5.41) is 8.09. The topological polar surface area (TPSA) is 79.5 Å². The van der Waals surface area contributed by atoms with Gasteiger partial charge in [-0.3, -0.25) is 9.59 Å². The van der Waals surface area contributed by atoms with Crippen molar-refractivity contribution in [3.05, 3.63) is 0 Å². The first kappa shape index (κ1) is 11.9. The highest BCUT2D eigenvalue weighted by atomic mass is 16.5. The molecule has 15 heavy (non-hydrogen) atoms. The second-order valence-corrected chi connectivity index (χ2v) is 3.32. The summed E-state index contributed by atoms with van der Waals surface area (Å²) in [6, 6.07) is 0. The van der Waals surface area contributed by atoms with Gasteiger partial charge >= 0.3 is 0 Å². The van der Waals surface area contributed by atoms with E-state index in [1.165, 1.54) is 0 Å². The fourth-order valence-electron chi connectivity index (χ4n) is 1.06. The molecule has 1 fully saturated rings. The van der Waals surface area contributed by atoms with Gasteiger partial charge < -0.3 is 20.7 Å². The number of carbonyl (C=O) groups is 2. The molecule has 6 nitrogen and oxygen atoms in total. The first-order valence-corrected chi connectivity index (χ1v) is 5.08. The lowest BCUT2D eigenvalue weighted by atomic mass is 10.2. The maximum Gasteiger partial charge on any atom is 0.246 e. The summed E-state index contributed by atoms with van der Waals surface area (Å²) in [5.41, 5.74) is 0. The highest BCUT2D eigenvalue weighted by Crippen LogP contribution is 1.96. The molecule has 0 unspecified atom stereocenters. The number of carbonyl (C=O) groups excluding carboxylic acids is 2. The molecule has 0 aromatic carbocycles. The van der Waals surface area contributed by atoms with Crippen LogP contribution in [0.5, 0.6) is 0 Å². The highest BCUT2D eigenvalue weighted by Gasteiger charge is 2.18. The molecule has 0 saturated carbocycles. The van der Waals surface area contributed by atoms with Gasteiger partial charge in [-0.1, -0.05) is 0 Å². The predicted octanol–water partition coefficient (Wildman–Crippen LogP) is -1.77. The molecule has 1 rings (SSSR count). The molecule has 0 aromatic heterocycles. The Kier molecular flexibility index (Phi) is 5.06. The van der Waals surface area contributed by atoms with Crippen LogP contribution >= 0.6 is 0 Å². The number of hydrogen-bond donors (Lipinski definition) is 3. The standard InChI is InChI=1S/C9H17N3O3/c1-2-11-8(13)5-12-9(14)6-15-7-3-10-4-7/h7,10H,2-6H2,1H3,(H,11,13)(H,12,14). The normalized spacial score (nSPS) is 15.5. The van der Waals surface area contributed by atoms with Crippen LogP contribution in [0.25, 0.3) is 0 Å². The third-order valence-corrected chi connectivity index (χ3v) is 2.01. The lowest BCUT2D eigenvalue weighted by molar-refractivity contribution is -0.131. The highest BCUT2D eigenvalue weighted by molar-refractivity contribution is 5.85. The number of amides is 2. The lowest BCUT2D eigenvalue weighted by Gasteiger charge is -2.26. The van der Waals surface area contributed by atoms with E-state index < -0.39 is 0 Å². The van der Waals surface area contributed by atoms with Crippen molar-refractivity contribution >= 4 is 11.8 Å². The van der Waals surface area contributed by atoms with Crippen LogP contribution < -0.4 is 16.0 Å². The van der Waals surface area contributed by atoms with Crippen LogP contribution in [0.15, 0.2) is 0 Å². The molecule has 0 aromatic rings. The van der Waals surface area contributed by atoms with Crippen molar-refractivity contribution in [2.45, 2.75) is 13.0 Å². The number of likely N-dealkylation sites (N-methyl/N-ethyl adjacent to an activating group) is 1. The fraction of sp³-hybridized carbons (Fsp3) is 0.778. The van der Waals surface area contributed by atoms with E-state index in [1.807, 2.05) is 6.92 Å². The molecule has 6 heteroatoms. The maximum absolute atomic E-state index is 11.2. The zero-order valence-corrected chi connectivity index (χ0v) is 8.84. The molecule has 0 aliphatic carbocycles. The Morgan fingerprint density at radius 1 is 1.33 bits per heavy atom. The van der Waals surface area contributed by atoms with E-state index in [1.54, 1.807) is 0 Å². The molecular formula is C9H17N3O3. The number of ether oxygens (including phenoxy) is 1. The summed E-state index contributed by atoms with van der Waals surface area (Å²) < 4.78 is 5.23. The van der Waals surface area contributed by atoms with Crippen molar-refractivity contribution in [1.29, 1.82) is 0 Å². The molecule has 1 aliphatic heterocycles. The first-order chi connectivity index (χ1) is 7.22. The van der Waals surface area contributed by atoms with Gasteiger partial charge in [0.25, 0.3) is 0 Å². The third kappa shape index (κ3) is 4.75. The Labute approximate surface area is 88.7 Å². The van der Waals surface area contributed by atoms with E-state index in [0.29, 0.717) is 6.54 Å². The van der Waals surface area contributed by atoms with Crippen molar-refractivity contribution in [1.82, 2.24) is 16.0 Å². The van der Waals surface area contributed by atoms with Crippen molar-refractivity contribution in [3.8, 4) is 0 Å². The van der Waals surface area contributed by atoms with Crippen molar-refractivity contribution in [2.24, 2.45) is 0 Å². The molecule has 3 N–H and O–H groups in total. The van der Waals surface area contributed by atoms with Crippen molar-refractivity contribution in [2.75, 3.05) is 32.8 Å². The number of hydrogen-bond acceptors (Lipinski definition) is 4. The molecule has 1 heterocycles. The van der Waals surface area contributed by atoms with Crippen LogP contribution in [-0.4, -0.2) is 50.7 Å². The van der Waals surface area contributed by atoms with Crippen LogP contribution in [-0.2, 0) is 14.3 Å². The summed E-state index contributed by atoms with van der Waals surface area (Å²) in [6.45, 7) is 4.02. The smallest absolute Gasteiger partial charge is 0.246 e. The monoisotopic (exact) mass is 215 g/mol. The second kappa shape index (κ2) is 6.36. The van der Waals surface area contributed by atoms with Gasteiger partial charge in [0.15, 0.2) is 0 Å². The molecule has 86 valence electrons. The van der Waals surface area contributed by atoms with E-state index in [9.17, 15) is 9.59 Å². The minimum atomic E-state index is -0.256. The van der Waals surface area contributed by atoms with Gasteiger partial charge in [-0.2, -0.15) is 0 Å². The second-order valence-electron chi connectivity index (χ2n) is 3.32. The molecule has 0 radical (unpaired) electrons. The minimum Gasteiger partial charge on any atom is -0.366 e. The van der Waals surface area contributed by atoms with E-state index in [-0.39, 0.29) is 31.1 Å². The zero-order chi connectivity index (χ0) is 11.1. The lowest BCUT2D eigenvalue weighted by Crippen LogP contribution is -2.50. The molecule has 0 atom stereocenters. The largest absolute Gasteiger partial charge is 0.366 e. The Balaban J connectivity index is 1.99. The molecule has 0 spiro atoms. The van der Waals surface area contributed by atoms with Gasteiger partial charge in [0.05, 0.1) is 12.6 Å². The Morgan fingerprint density at radius 2 is 2.07 bits per heavy atom. The summed E-state index contributed by atoms with van der Waals surface area (Å²) >= 11 is 0. The first-order valence-electron chi connectivity index (χ1n) is 5.08. The molecule has 0 bridgehead atoms. The van der Waals surface area contributed by atoms with Crippen LogP contribution in [0.1, 0.15) is 6.92 Å². The zero-order valence-electron chi connectivity index (χ0n) is 8.84. The summed E-state index contributed by atoms with van der Waals surface area (Å²) in [4.78, 5) is 22.1. The van der Waals surface area contributed by atoms with Crippen molar-refractivity contribution in [3.63, 3.8) is 0 Å². The SMILES string of the molecule is CCNC(=O)CNC(=O)COC1CNC1. The quantitative estimate of drug-likeness (QED) is 0.490. The van der Waals surface area contributed by atoms with E-state index in [0.717, 1.165) is 13.1 Å². The van der Waals surface area contributed by atoms with Gasteiger partial charge in [0.2, 0.25) is 11.8 Å². The van der Waals surface area contributed by atoms with Crippen LogP contribution in [0.2, 0.25) is 0 Å². The molecule has 2 amide bonds. The minimum absolute atomic E-state index is 0.0128. The summed E-state index contributed by atoms with van der Waals surface area (Å²) in [5.74, 6) is -0.440.